The van der Waals surface area contributed by atoms with Gasteiger partial charge in [0, 0.05) is 36.1 Å². The molecule has 5 heteroatoms. The van der Waals surface area contributed by atoms with Crippen LogP contribution in [0, 0.1) is 6.92 Å². The van der Waals surface area contributed by atoms with Crippen molar-refractivity contribution in [1.82, 2.24) is 9.97 Å². The first kappa shape index (κ1) is 34.8. The van der Waals surface area contributed by atoms with E-state index >= 15 is 0 Å². The highest BCUT2D eigenvalue weighted by molar-refractivity contribution is 5.86. The number of aryl methyl sites for hydroxylation is 3. The Bertz CT molecular complexity index is 605. The summed E-state index contributed by atoms with van der Waals surface area (Å²) < 4.78 is 0. The monoisotopic (exact) mass is 418 g/mol. The number of carbonyl (C=O) groups excluding carboxylic acids is 1. The molecule has 0 aliphatic rings. The van der Waals surface area contributed by atoms with E-state index in [1.807, 2.05) is 73.0 Å². The minimum Gasteiger partial charge on any atom is -0.402 e. The van der Waals surface area contributed by atoms with Gasteiger partial charge in [-0.1, -0.05) is 67.5 Å². The molecule has 0 saturated heterocycles. The topological polar surface area (TPSA) is 94.9 Å². The van der Waals surface area contributed by atoms with Gasteiger partial charge in [-0.15, -0.1) is 0 Å². The molecule has 2 aromatic heterocycles. The van der Waals surface area contributed by atoms with Gasteiger partial charge in [-0.05, 0) is 49.9 Å². The van der Waals surface area contributed by atoms with Gasteiger partial charge < -0.3 is 11.5 Å². The number of nitrogens with two attached hydrogens (primary N) is 2. The molecule has 0 bridgehead atoms. The van der Waals surface area contributed by atoms with E-state index in [4.69, 9.17) is 11.5 Å². The summed E-state index contributed by atoms with van der Waals surface area (Å²) in [7, 11) is 0. The number of pyridine rings is 2. The third-order valence-corrected chi connectivity index (χ3v) is 2.88. The molecule has 4 N–H and O–H groups in total. The molecule has 0 radical (unpaired) electrons. The molecule has 0 aliphatic heterocycles. The number of amides is 1. The van der Waals surface area contributed by atoms with E-state index in [9.17, 15) is 4.79 Å². The van der Waals surface area contributed by atoms with Crippen LogP contribution in [-0.4, -0.2) is 15.9 Å². The van der Waals surface area contributed by atoms with Crippen LogP contribution in [-0.2, 0) is 17.6 Å². The van der Waals surface area contributed by atoms with Crippen molar-refractivity contribution in [2.24, 2.45) is 11.5 Å². The molecular formula is C25H46N4O. The Labute approximate surface area is 186 Å². The maximum absolute atomic E-state index is 9.88. The van der Waals surface area contributed by atoms with Crippen molar-refractivity contribution in [1.29, 1.82) is 0 Å². The average molecular weight is 419 g/mol. The minimum absolute atomic E-state index is 0.438. The van der Waals surface area contributed by atoms with Gasteiger partial charge >= 0.3 is 0 Å². The van der Waals surface area contributed by atoms with Crippen molar-refractivity contribution in [3.05, 3.63) is 71.4 Å². The van der Waals surface area contributed by atoms with Gasteiger partial charge in [0.15, 0.2) is 0 Å². The molecule has 0 fully saturated rings. The van der Waals surface area contributed by atoms with Gasteiger partial charge in [-0.2, -0.15) is 0 Å². The first-order chi connectivity index (χ1) is 14.4. The molecule has 30 heavy (non-hydrogen) atoms. The van der Waals surface area contributed by atoms with E-state index in [0.717, 1.165) is 18.5 Å². The molecule has 172 valence electrons. The molecule has 1 amide bonds. The minimum atomic E-state index is -0.500. The molecule has 0 unspecified atom stereocenters. The lowest BCUT2D eigenvalue weighted by Gasteiger charge is -1.93. The van der Waals surface area contributed by atoms with E-state index in [1.165, 1.54) is 17.2 Å². The molecule has 0 atom stereocenters. The summed E-state index contributed by atoms with van der Waals surface area (Å²) in [6.45, 7) is 19.9. The first-order valence-corrected chi connectivity index (χ1v) is 10.9. The zero-order valence-electron chi connectivity index (χ0n) is 21.0. The summed E-state index contributed by atoms with van der Waals surface area (Å²) in [5.74, 6) is -0.500. The van der Waals surface area contributed by atoms with Crippen LogP contribution in [0.5, 0.6) is 0 Å². The molecule has 2 heterocycles. The summed E-state index contributed by atoms with van der Waals surface area (Å²) in [5.41, 5.74) is 13.9. The van der Waals surface area contributed by atoms with Gasteiger partial charge in [0.1, 0.15) is 0 Å². The number of hydrogen-bond acceptors (Lipinski definition) is 4. The lowest BCUT2D eigenvalue weighted by atomic mass is 10.2. The number of aromatic nitrogens is 2. The summed E-state index contributed by atoms with van der Waals surface area (Å²) in [6.07, 6.45) is 8.93. The Morgan fingerprint density at radius 3 is 1.63 bits per heavy atom. The van der Waals surface area contributed by atoms with Crippen molar-refractivity contribution >= 4 is 5.91 Å². The Hall–Kier alpha value is -2.69. The highest BCUT2D eigenvalue weighted by Crippen LogP contribution is 1.98. The maximum Gasteiger partial charge on any atom is 0.243 e. The number of primary amides is 1. The van der Waals surface area contributed by atoms with Crippen LogP contribution >= 0.6 is 0 Å². The fraction of sp³-hybridized carbons (Fsp3) is 0.480. The third-order valence-electron chi connectivity index (χ3n) is 2.88. The molecule has 2 rings (SSSR count). The number of hydrogen-bond donors (Lipinski definition) is 2. The van der Waals surface area contributed by atoms with Crippen LogP contribution in [0.4, 0.5) is 0 Å². The third kappa shape index (κ3) is 27.5. The van der Waals surface area contributed by atoms with Crippen molar-refractivity contribution < 1.29 is 4.79 Å². The number of allylic oxidation sites excluding steroid dienone is 1. The lowest BCUT2D eigenvalue weighted by Crippen LogP contribution is -2.08. The average Bonchev–Trinajstić information content (AvgIpc) is 2.79. The molecular weight excluding hydrogens is 372 g/mol. The Morgan fingerprint density at radius 1 is 0.900 bits per heavy atom. The highest BCUT2D eigenvalue weighted by atomic mass is 16.1. The fourth-order valence-electron chi connectivity index (χ4n) is 1.54. The van der Waals surface area contributed by atoms with E-state index in [0.29, 0.717) is 5.70 Å². The summed E-state index contributed by atoms with van der Waals surface area (Å²) in [6, 6.07) is 8.19. The van der Waals surface area contributed by atoms with Gasteiger partial charge in [-0.25, -0.2) is 0 Å². The van der Waals surface area contributed by atoms with Gasteiger partial charge in [0.05, 0.1) is 0 Å². The number of nitrogens with zero attached hydrogens (tertiary/aromatic N) is 2. The van der Waals surface area contributed by atoms with Crippen molar-refractivity contribution in [3.8, 4) is 0 Å². The second-order valence-corrected chi connectivity index (χ2v) is 5.17. The van der Waals surface area contributed by atoms with Gasteiger partial charge in [0.25, 0.3) is 0 Å². The van der Waals surface area contributed by atoms with E-state index in [2.05, 4.69) is 35.9 Å². The Morgan fingerprint density at radius 2 is 1.40 bits per heavy atom. The molecule has 5 nitrogen and oxygen atoms in total. The highest BCUT2D eigenvalue weighted by Gasteiger charge is 1.86. The van der Waals surface area contributed by atoms with Crippen LogP contribution in [0.15, 0.2) is 54.6 Å². The quantitative estimate of drug-likeness (QED) is 0.597. The van der Waals surface area contributed by atoms with Crippen LogP contribution < -0.4 is 11.5 Å². The lowest BCUT2D eigenvalue weighted by molar-refractivity contribution is -0.113. The number of rotatable bonds is 3. The maximum atomic E-state index is 9.88. The van der Waals surface area contributed by atoms with Gasteiger partial charge in [0.2, 0.25) is 5.91 Å². The van der Waals surface area contributed by atoms with Crippen LogP contribution in [0.3, 0.4) is 0 Å². The normalized spacial score (nSPS) is 8.53. The largest absolute Gasteiger partial charge is 0.402 e. The standard InChI is InChI=1S/C8H11N.C7H9N.C4H8N2O.3C2H6/c1-3-8-5-4-7(2)9-6-8;1-2-7-4-3-5-8-6-7;1-3(5)2-4(6)7;3*1-2/h4-6H,3H2,1-2H3;3-6H,2H2,1H3;2H,5H2,1H3,(H2,6,7);3*1-2H3/b;;3-2-;;;. The molecule has 2 aromatic rings. The second kappa shape index (κ2) is 28.5. The Kier molecular flexibility index (Phi) is 33.1. The van der Waals surface area contributed by atoms with E-state index in [1.54, 1.807) is 13.1 Å². The van der Waals surface area contributed by atoms with Crippen LogP contribution in [0.2, 0.25) is 0 Å². The first-order valence-electron chi connectivity index (χ1n) is 10.9. The zero-order chi connectivity index (χ0) is 24.4. The zero-order valence-corrected chi connectivity index (χ0v) is 21.0. The molecule has 0 saturated carbocycles. The van der Waals surface area contributed by atoms with Crippen molar-refractivity contribution in [3.63, 3.8) is 0 Å². The Balaban J connectivity index is -0.000000151. The predicted molar refractivity (Wildman–Crippen MR) is 133 cm³/mol. The molecule has 0 aliphatic carbocycles. The van der Waals surface area contributed by atoms with Crippen LogP contribution in [0.1, 0.15) is 79.1 Å². The number of carbonyl (C=O) groups is 1. The van der Waals surface area contributed by atoms with E-state index < -0.39 is 5.91 Å². The summed E-state index contributed by atoms with van der Waals surface area (Å²) in [5, 5.41) is 0. The van der Waals surface area contributed by atoms with Crippen LogP contribution in [0.25, 0.3) is 0 Å². The predicted octanol–water partition coefficient (Wildman–Crippen LogP) is 6.01. The fourth-order valence-corrected chi connectivity index (χ4v) is 1.54. The van der Waals surface area contributed by atoms with E-state index in [-0.39, 0.29) is 0 Å². The second-order valence-electron chi connectivity index (χ2n) is 5.17. The van der Waals surface area contributed by atoms with Gasteiger partial charge in [-0.3, -0.25) is 14.8 Å². The summed E-state index contributed by atoms with van der Waals surface area (Å²) in [4.78, 5) is 18.0. The summed E-state index contributed by atoms with van der Waals surface area (Å²) >= 11 is 0. The molecule has 0 aromatic carbocycles. The van der Waals surface area contributed by atoms with Crippen molar-refractivity contribution in [2.45, 2.75) is 82.1 Å². The SMILES string of the molecule is C/C(N)=C/C(N)=O.CC.CC.CC.CCc1ccc(C)nc1.CCc1cccnc1. The molecule has 0 spiro atoms. The van der Waals surface area contributed by atoms with Crippen molar-refractivity contribution in [2.75, 3.05) is 0 Å². The smallest absolute Gasteiger partial charge is 0.243 e.